The lowest BCUT2D eigenvalue weighted by Gasteiger charge is -2.21. The largest absolute Gasteiger partial charge is 0.490 e. The standard InChI is InChI=1S/C21H26N2O7S2/c1-15-13-17-14-16(5-10-20(17)23(15)31(4,25)26)21(24)30-12-11-29-18-6-8-19(9-7-18)32(27,28)22(2)3/h5-10,14-15H,11-13H2,1-4H3. The summed E-state index contributed by atoms with van der Waals surface area (Å²) in [5.41, 5.74) is 1.70. The first-order valence-electron chi connectivity index (χ1n) is 9.86. The number of carbonyl (C=O) groups is 1. The minimum Gasteiger partial charge on any atom is -0.490 e. The Hall–Kier alpha value is -2.63. The van der Waals surface area contributed by atoms with Crippen molar-refractivity contribution in [1.29, 1.82) is 0 Å². The van der Waals surface area contributed by atoms with E-state index in [1.165, 1.54) is 42.7 Å². The summed E-state index contributed by atoms with van der Waals surface area (Å²) in [5, 5.41) is 0. The molecule has 32 heavy (non-hydrogen) atoms. The zero-order valence-electron chi connectivity index (χ0n) is 18.3. The van der Waals surface area contributed by atoms with E-state index in [4.69, 9.17) is 9.47 Å². The Labute approximate surface area is 188 Å². The molecule has 0 fully saturated rings. The SMILES string of the molecule is CC1Cc2cc(C(=O)OCCOc3ccc(S(=O)(=O)N(C)C)cc3)ccc2N1S(C)(=O)=O. The highest BCUT2D eigenvalue weighted by Gasteiger charge is 2.32. The van der Waals surface area contributed by atoms with E-state index in [2.05, 4.69) is 0 Å². The summed E-state index contributed by atoms with van der Waals surface area (Å²) in [5.74, 6) is -0.0829. The van der Waals surface area contributed by atoms with Gasteiger partial charge in [-0.25, -0.2) is 25.9 Å². The number of rotatable bonds is 8. The Morgan fingerprint density at radius 1 is 1.06 bits per heavy atom. The normalized spacial score (nSPS) is 16.2. The Morgan fingerprint density at radius 2 is 1.72 bits per heavy atom. The molecule has 0 radical (unpaired) electrons. The van der Waals surface area contributed by atoms with Gasteiger partial charge < -0.3 is 9.47 Å². The van der Waals surface area contributed by atoms with E-state index < -0.39 is 26.0 Å². The van der Waals surface area contributed by atoms with Crippen LogP contribution in [0.5, 0.6) is 5.75 Å². The number of benzene rings is 2. The Kier molecular flexibility index (Phi) is 6.82. The van der Waals surface area contributed by atoms with Crippen molar-refractivity contribution in [2.24, 2.45) is 0 Å². The van der Waals surface area contributed by atoms with E-state index >= 15 is 0 Å². The van der Waals surface area contributed by atoms with E-state index in [1.54, 1.807) is 18.2 Å². The lowest BCUT2D eigenvalue weighted by molar-refractivity contribution is 0.0450. The second kappa shape index (κ2) is 9.08. The fourth-order valence-corrected chi connectivity index (χ4v) is 5.70. The molecule has 2 aromatic carbocycles. The zero-order chi connectivity index (χ0) is 23.7. The van der Waals surface area contributed by atoms with Crippen LogP contribution in [0, 0.1) is 0 Å². The van der Waals surface area contributed by atoms with Crippen LogP contribution >= 0.6 is 0 Å². The first kappa shape index (κ1) is 24.0. The van der Waals surface area contributed by atoms with Crippen LogP contribution in [0.2, 0.25) is 0 Å². The van der Waals surface area contributed by atoms with Crippen LogP contribution in [0.1, 0.15) is 22.8 Å². The maximum absolute atomic E-state index is 12.4. The summed E-state index contributed by atoms with van der Waals surface area (Å²) < 4.78 is 61.4. The maximum atomic E-state index is 12.4. The summed E-state index contributed by atoms with van der Waals surface area (Å²) in [6.45, 7) is 1.91. The lowest BCUT2D eigenvalue weighted by Crippen LogP contribution is -2.34. The maximum Gasteiger partial charge on any atom is 0.338 e. The Balaban J connectivity index is 1.55. The minimum absolute atomic E-state index is 0.000463. The smallest absolute Gasteiger partial charge is 0.338 e. The van der Waals surface area contributed by atoms with E-state index in [-0.39, 0.29) is 24.2 Å². The molecule has 11 heteroatoms. The second-order valence-corrected chi connectivity index (χ2v) is 11.7. The highest BCUT2D eigenvalue weighted by Crippen LogP contribution is 2.34. The van der Waals surface area contributed by atoms with Crippen molar-refractivity contribution in [2.45, 2.75) is 24.3 Å². The molecule has 1 aliphatic heterocycles. The molecule has 3 rings (SSSR count). The van der Waals surface area contributed by atoms with Gasteiger partial charge in [0.2, 0.25) is 20.0 Å². The van der Waals surface area contributed by atoms with Crippen LogP contribution in [0.3, 0.4) is 0 Å². The van der Waals surface area contributed by atoms with Gasteiger partial charge in [0, 0.05) is 20.1 Å². The second-order valence-electron chi connectivity index (χ2n) is 7.70. The van der Waals surface area contributed by atoms with Crippen LogP contribution in [0.25, 0.3) is 0 Å². The molecule has 0 spiro atoms. The van der Waals surface area contributed by atoms with Crippen molar-refractivity contribution >= 4 is 31.7 Å². The van der Waals surface area contributed by atoms with Crippen molar-refractivity contribution in [3.05, 3.63) is 53.6 Å². The first-order valence-corrected chi connectivity index (χ1v) is 13.1. The topological polar surface area (TPSA) is 110 Å². The van der Waals surface area contributed by atoms with E-state index in [1.807, 2.05) is 6.92 Å². The molecule has 0 aliphatic carbocycles. The van der Waals surface area contributed by atoms with Gasteiger partial charge in [0.05, 0.1) is 22.4 Å². The number of anilines is 1. The summed E-state index contributed by atoms with van der Waals surface area (Å²) in [4.78, 5) is 12.5. The zero-order valence-corrected chi connectivity index (χ0v) is 19.9. The molecule has 1 unspecified atom stereocenters. The average Bonchev–Trinajstić information content (AvgIpc) is 3.06. The molecule has 174 valence electrons. The molecule has 2 aromatic rings. The third-order valence-electron chi connectivity index (χ3n) is 5.01. The molecule has 9 nitrogen and oxygen atoms in total. The van der Waals surface area contributed by atoms with Crippen molar-refractivity contribution in [3.63, 3.8) is 0 Å². The van der Waals surface area contributed by atoms with E-state index in [9.17, 15) is 21.6 Å². The summed E-state index contributed by atoms with van der Waals surface area (Å²) in [6.07, 6.45) is 1.68. The van der Waals surface area contributed by atoms with Crippen molar-refractivity contribution in [2.75, 3.05) is 37.9 Å². The van der Waals surface area contributed by atoms with Gasteiger partial charge in [0.15, 0.2) is 0 Å². The quantitative estimate of drug-likeness (QED) is 0.417. The number of hydrogen-bond donors (Lipinski definition) is 0. The number of carbonyl (C=O) groups excluding carboxylic acids is 1. The van der Waals surface area contributed by atoms with Crippen LogP contribution in [0.15, 0.2) is 47.4 Å². The minimum atomic E-state index is -3.51. The predicted octanol–water partition coefficient (Wildman–Crippen LogP) is 1.88. The van der Waals surface area contributed by atoms with Gasteiger partial charge in [-0.05, 0) is 61.4 Å². The molecule has 0 saturated carbocycles. The molecule has 0 N–H and O–H groups in total. The molecule has 1 atom stereocenters. The fourth-order valence-electron chi connectivity index (χ4n) is 3.53. The van der Waals surface area contributed by atoms with Crippen molar-refractivity contribution < 1.29 is 31.1 Å². The van der Waals surface area contributed by atoms with Crippen LogP contribution in [0.4, 0.5) is 5.69 Å². The average molecular weight is 483 g/mol. The molecular formula is C21H26N2O7S2. The molecule has 1 aliphatic rings. The monoisotopic (exact) mass is 482 g/mol. The summed E-state index contributed by atoms with van der Waals surface area (Å²) in [6, 6.07) is 10.6. The molecule has 0 saturated heterocycles. The Morgan fingerprint density at radius 3 is 2.31 bits per heavy atom. The van der Waals surface area contributed by atoms with E-state index in [0.717, 1.165) is 16.1 Å². The summed E-state index contributed by atoms with van der Waals surface area (Å²) >= 11 is 0. The Bertz CT molecular complexity index is 1210. The van der Waals surface area contributed by atoms with Crippen molar-refractivity contribution in [3.8, 4) is 5.75 Å². The number of nitrogens with zero attached hydrogens (tertiary/aromatic N) is 2. The lowest BCUT2D eigenvalue weighted by atomic mass is 10.1. The number of hydrogen-bond acceptors (Lipinski definition) is 7. The third-order valence-corrected chi connectivity index (χ3v) is 8.11. The molecule has 0 aromatic heterocycles. The van der Waals surface area contributed by atoms with Gasteiger partial charge in [-0.1, -0.05) is 0 Å². The first-order chi connectivity index (χ1) is 14.9. The van der Waals surface area contributed by atoms with Gasteiger partial charge in [0.25, 0.3) is 0 Å². The molecule has 0 bridgehead atoms. The van der Waals surface area contributed by atoms with Gasteiger partial charge in [0.1, 0.15) is 19.0 Å². The van der Waals surface area contributed by atoms with Crippen molar-refractivity contribution in [1.82, 2.24) is 4.31 Å². The van der Waals surface area contributed by atoms with Crippen LogP contribution in [-0.4, -0.2) is 66.7 Å². The number of fused-ring (bicyclic) bond motifs is 1. The number of sulfonamides is 2. The van der Waals surface area contributed by atoms with Gasteiger partial charge in [-0.3, -0.25) is 4.31 Å². The molecular weight excluding hydrogens is 456 g/mol. The molecule has 1 heterocycles. The van der Waals surface area contributed by atoms with Gasteiger partial charge in [-0.2, -0.15) is 0 Å². The fraction of sp³-hybridized carbons (Fsp3) is 0.381. The number of ether oxygens (including phenoxy) is 2. The molecule has 0 amide bonds. The van der Waals surface area contributed by atoms with Gasteiger partial charge in [-0.15, -0.1) is 0 Å². The third kappa shape index (κ3) is 5.05. The van der Waals surface area contributed by atoms with Gasteiger partial charge >= 0.3 is 5.97 Å². The van der Waals surface area contributed by atoms with Crippen LogP contribution in [-0.2, 0) is 31.2 Å². The van der Waals surface area contributed by atoms with E-state index in [0.29, 0.717) is 23.4 Å². The van der Waals surface area contributed by atoms with Crippen LogP contribution < -0.4 is 9.04 Å². The highest BCUT2D eigenvalue weighted by atomic mass is 32.2. The highest BCUT2D eigenvalue weighted by molar-refractivity contribution is 7.92. The predicted molar refractivity (Wildman–Crippen MR) is 120 cm³/mol. The number of esters is 1. The summed E-state index contributed by atoms with van der Waals surface area (Å²) in [7, 11) is -3.99.